The molecule has 0 saturated carbocycles. The Morgan fingerprint density at radius 3 is 2.58 bits per heavy atom. The third-order valence-corrected chi connectivity index (χ3v) is 4.04. The number of carbonyl (C=O) groups excluding carboxylic acids is 1. The lowest BCUT2D eigenvalue weighted by molar-refractivity contribution is -0.143. The van der Waals surface area contributed by atoms with Crippen LogP contribution in [0.25, 0.3) is 11.5 Å². The van der Waals surface area contributed by atoms with Gasteiger partial charge in [0.1, 0.15) is 0 Å². The van der Waals surface area contributed by atoms with Gasteiger partial charge in [0.15, 0.2) is 0 Å². The molecular weight excluding hydrogens is 306 g/mol. The third kappa shape index (κ3) is 4.20. The maximum absolute atomic E-state index is 12.3. The second-order valence-corrected chi connectivity index (χ2v) is 6.28. The first kappa shape index (κ1) is 16.6. The molecule has 1 aliphatic rings. The van der Waals surface area contributed by atoms with Crippen molar-refractivity contribution in [2.24, 2.45) is 0 Å². The number of aromatic nitrogens is 2. The van der Waals surface area contributed by atoms with Gasteiger partial charge < -0.3 is 14.1 Å². The van der Waals surface area contributed by atoms with Crippen molar-refractivity contribution in [2.75, 3.05) is 13.1 Å². The first-order valence-corrected chi connectivity index (χ1v) is 8.43. The van der Waals surface area contributed by atoms with Crippen molar-refractivity contribution in [1.29, 1.82) is 0 Å². The van der Waals surface area contributed by atoms with E-state index in [4.69, 9.17) is 9.15 Å². The summed E-state index contributed by atoms with van der Waals surface area (Å²) in [6.07, 6.45) is 2.00. The number of nitrogens with zero attached hydrogens (tertiary/aromatic N) is 3. The Kier molecular flexibility index (Phi) is 5.25. The van der Waals surface area contributed by atoms with E-state index >= 15 is 0 Å². The second-order valence-electron chi connectivity index (χ2n) is 6.28. The molecule has 0 radical (unpaired) electrons. The van der Waals surface area contributed by atoms with Crippen molar-refractivity contribution < 1.29 is 13.9 Å². The number of benzene rings is 1. The van der Waals surface area contributed by atoms with E-state index in [1.54, 1.807) is 0 Å². The molecule has 2 atom stereocenters. The van der Waals surface area contributed by atoms with Gasteiger partial charge in [-0.15, -0.1) is 10.2 Å². The zero-order valence-corrected chi connectivity index (χ0v) is 14.1. The van der Waals surface area contributed by atoms with Crippen LogP contribution in [0.1, 0.15) is 32.6 Å². The molecule has 1 aromatic heterocycles. The third-order valence-electron chi connectivity index (χ3n) is 4.04. The number of aryl methyl sites for hydroxylation is 1. The highest BCUT2D eigenvalue weighted by Gasteiger charge is 2.25. The van der Waals surface area contributed by atoms with Crippen molar-refractivity contribution in [3.05, 3.63) is 36.2 Å². The molecule has 6 heteroatoms. The highest BCUT2D eigenvalue weighted by molar-refractivity contribution is 5.76. The smallest absolute Gasteiger partial charge is 0.247 e. The molecule has 2 heterocycles. The van der Waals surface area contributed by atoms with Gasteiger partial charge in [0.2, 0.25) is 17.7 Å². The van der Waals surface area contributed by atoms with Crippen molar-refractivity contribution >= 4 is 5.91 Å². The number of carbonyl (C=O) groups is 1. The molecule has 128 valence electrons. The molecule has 1 aromatic carbocycles. The molecule has 0 spiro atoms. The molecule has 2 aromatic rings. The summed E-state index contributed by atoms with van der Waals surface area (Å²) in [4.78, 5) is 14.2. The summed E-state index contributed by atoms with van der Waals surface area (Å²) >= 11 is 0. The molecule has 1 fully saturated rings. The van der Waals surface area contributed by atoms with Crippen LogP contribution in [0.4, 0.5) is 0 Å². The predicted molar refractivity (Wildman–Crippen MR) is 89.3 cm³/mol. The maximum Gasteiger partial charge on any atom is 0.247 e. The Hall–Kier alpha value is -2.21. The Labute approximate surface area is 141 Å². The summed E-state index contributed by atoms with van der Waals surface area (Å²) in [5.74, 6) is 1.26. The molecule has 1 aliphatic heterocycles. The molecule has 6 nitrogen and oxygen atoms in total. The average Bonchev–Trinajstić information content (AvgIpc) is 3.03. The van der Waals surface area contributed by atoms with Crippen LogP contribution in [-0.4, -0.2) is 46.3 Å². The maximum atomic E-state index is 12.3. The van der Waals surface area contributed by atoms with Gasteiger partial charge in [-0.05, 0) is 32.4 Å². The molecule has 1 saturated heterocycles. The van der Waals surface area contributed by atoms with Gasteiger partial charge in [0.25, 0.3) is 0 Å². The SMILES string of the molecule is C[C@H]1CN(C(=O)CCCc2nnc(-c3ccccc3)o2)C[C@H](C)O1. The van der Waals surface area contributed by atoms with Gasteiger partial charge in [0.05, 0.1) is 12.2 Å². The van der Waals surface area contributed by atoms with Crippen LogP contribution in [0.2, 0.25) is 0 Å². The summed E-state index contributed by atoms with van der Waals surface area (Å²) in [6, 6.07) is 9.67. The van der Waals surface area contributed by atoms with E-state index in [1.165, 1.54) is 0 Å². The molecule has 0 unspecified atom stereocenters. The minimum atomic E-state index is 0.0991. The predicted octanol–water partition coefficient (Wildman–Crippen LogP) is 2.70. The van der Waals surface area contributed by atoms with Crippen LogP contribution in [-0.2, 0) is 16.0 Å². The topological polar surface area (TPSA) is 68.5 Å². The van der Waals surface area contributed by atoms with Gasteiger partial charge in [0, 0.05) is 31.5 Å². The lowest BCUT2D eigenvalue weighted by atomic mass is 10.1. The van der Waals surface area contributed by atoms with Crippen LogP contribution in [0.15, 0.2) is 34.7 Å². The fourth-order valence-corrected chi connectivity index (χ4v) is 2.98. The molecular formula is C18H23N3O3. The van der Waals surface area contributed by atoms with Gasteiger partial charge in [-0.1, -0.05) is 18.2 Å². The highest BCUT2D eigenvalue weighted by Crippen LogP contribution is 2.18. The number of ether oxygens (including phenoxy) is 1. The minimum absolute atomic E-state index is 0.0991. The monoisotopic (exact) mass is 329 g/mol. The fraction of sp³-hybridized carbons (Fsp3) is 0.500. The Morgan fingerprint density at radius 1 is 1.17 bits per heavy atom. The number of hydrogen-bond donors (Lipinski definition) is 0. The highest BCUT2D eigenvalue weighted by atomic mass is 16.5. The molecule has 24 heavy (non-hydrogen) atoms. The lowest BCUT2D eigenvalue weighted by Gasteiger charge is -2.35. The quantitative estimate of drug-likeness (QED) is 0.843. The summed E-state index contributed by atoms with van der Waals surface area (Å²) in [6.45, 7) is 5.34. The van der Waals surface area contributed by atoms with Crippen LogP contribution >= 0.6 is 0 Å². The van der Waals surface area contributed by atoms with Gasteiger partial charge in [-0.2, -0.15) is 0 Å². The van der Waals surface area contributed by atoms with Crippen molar-refractivity contribution in [3.63, 3.8) is 0 Å². The standard InChI is InChI=1S/C18H23N3O3/c1-13-11-21(12-14(2)23-13)17(22)10-6-9-16-19-20-18(24-16)15-7-4-3-5-8-15/h3-5,7-8,13-14H,6,9-12H2,1-2H3/t13-,14-/m0/s1. The van der Waals surface area contributed by atoms with Crippen molar-refractivity contribution in [1.82, 2.24) is 15.1 Å². The fourth-order valence-electron chi connectivity index (χ4n) is 2.98. The molecule has 3 rings (SSSR count). The number of amides is 1. The van der Waals surface area contributed by atoms with Gasteiger partial charge in [-0.25, -0.2) is 0 Å². The lowest BCUT2D eigenvalue weighted by Crippen LogP contribution is -2.48. The Morgan fingerprint density at radius 2 is 1.88 bits per heavy atom. The molecule has 0 bridgehead atoms. The normalized spacial score (nSPS) is 21.0. The van der Waals surface area contributed by atoms with Crippen molar-refractivity contribution in [2.45, 2.75) is 45.3 Å². The van der Waals surface area contributed by atoms with Crippen LogP contribution in [0, 0.1) is 0 Å². The summed E-state index contributed by atoms with van der Waals surface area (Å²) in [5.41, 5.74) is 0.906. The number of rotatable bonds is 5. The van der Waals surface area contributed by atoms with Gasteiger partial charge >= 0.3 is 0 Å². The Balaban J connectivity index is 1.48. The van der Waals surface area contributed by atoms with Crippen LogP contribution < -0.4 is 0 Å². The Bertz CT molecular complexity index is 661. The van der Waals surface area contributed by atoms with Crippen LogP contribution in [0.5, 0.6) is 0 Å². The average molecular weight is 329 g/mol. The van der Waals surface area contributed by atoms with E-state index in [0.717, 1.165) is 5.56 Å². The second kappa shape index (κ2) is 7.57. The summed E-state index contributed by atoms with van der Waals surface area (Å²) < 4.78 is 11.3. The van der Waals surface area contributed by atoms with E-state index in [9.17, 15) is 4.79 Å². The molecule has 1 amide bonds. The first-order chi connectivity index (χ1) is 11.6. The molecule has 0 N–H and O–H groups in total. The summed E-state index contributed by atoms with van der Waals surface area (Å²) in [7, 11) is 0. The van der Waals surface area contributed by atoms with E-state index in [-0.39, 0.29) is 18.1 Å². The summed E-state index contributed by atoms with van der Waals surface area (Å²) in [5, 5.41) is 8.13. The van der Waals surface area contributed by atoms with E-state index < -0.39 is 0 Å². The van der Waals surface area contributed by atoms with E-state index in [0.29, 0.717) is 44.1 Å². The van der Waals surface area contributed by atoms with Crippen LogP contribution in [0.3, 0.4) is 0 Å². The zero-order chi connectivity index (χ0) is 16.9. The van der Waals surface area contributed by atoms with Crippen molar-refractivity contribution in [3.8, 4) is 11.5 Å². The van der Waals surface area contributed by atoms with E-state index in [2.05, 4.69) is 10.2 Å². The minimum Gasteiger partial charge on any atom is -0.421 e. The number of morpholine rings is 1. The van der Waals surface area contributed by atoms with E-state index in [1.807, 2.05) is 49.1 Å². The first-order valence-electron chi connectivity index (χ1n) is 8.43. The van der Waals surface area contributed by atoms with Gasteiger partial charge in [-0.3, -0.25) is 4.79 Å². The molecule has 0 aliphatic carbocycles. The number of hydrogen-bond acceptors (Lipinski definition) is 5. The largest absolute Gasteiger partial charge is 0.421 e. The zero-order valence-electron chi connectivity index (χ0n) is 14.1.